The van der Waals surface area contributed by atoms with E-state index in [1.165, 1.54) is 5.56 Å². The van der Waals surface area contributed by atoms with Crippen molar-refractivity contribution < 1.29 is 4.74 Å². The maximum absolute atomic E-state index is 5.99. The molecule has 0 saturated heterocycles. The number of ether oxygens (including phenoxy) is 1. The van der Waals surface area contributed by atoms with E-state index in [9.17, 15) is 0 Å². The zero-order valence-electron chi connectivity index (χ0n) is 10.9. The number of benzene rings is 1. The van der Waals surface area contributed by atoms with E-state index in [0.29, 0.717) is 6.04 Å². The molecule has 1 N–H and O–H groups in total. The molecule has 0 fully saturated rings. The van der Waals surface area contributed by atoms with Crippen LogP contribution in [0.1, 0.15) is 25.8 Å². The van der Waals surface area contributed by atoms with Crippen molar-refractivity contribution in [2.45, 2.75) is 38.8 Å². The zero-order chi connectivity index (χ0) is 12.7. The van der Waals surface area contributed by atoms with Gasteiger partial charge in [-0.25, -0.2) is 0 Å². The Labute approximate surface area is 109 Å². The number of methoxy groups -OCH3 is 1. The van der Waals surface area contributed by atoms with Gasteiger partial charge < -0.3 is 10.1 Å². The van der Waals surface area contributed by atoms with E-state index < -0.39 is 0 Å². The molecule has 1 aromatic rings. The monoisotopic (exact) mass is 255 g/mol. The minimum atomic E-state index is 0.276. The van der Waals surface area contributed by atoms with Crippen LogP contribution in [0.2, 0.25) is 5.02 Å². The maximum atomic E-state index is 5.99. The average Bonchev–Trinajstić information content (AvgIpc) is 2.29. The van der Waals surface area contributed by atoms with Crippen molar-refractivity contribution >= 4 is 11.6 Å². The second-order valence-corrected chi connectivity index (χ2v) is 4.81. The summed E-state index contributed by atoms with van der Waals surface area (Å²) in [7, 11) is 1.76. The number of halogens is 1. The first-order valence-corrected chi connectivity index (χ1v) is 6.54. The third-order valence-electron chi connectivity index (χ3n) is 2.88. The predicted octanol–water partition coefficient (Wildman–Crippen LogP) is 3.29. The molecule has 0 aliphatic carbocycles. The first-order valence-electron chi connectivity index (χ1n) is 6.16. The summed E-state index contributed by atoms with van der Waals surface area (Å²) >= 11 is 5.99. The topological polar surface area (TPSA) is 21.3 Å². The quantitative estimate of drug-likeness (QED) is 0.807. The highest BCUT2D eigenvalue weighted by Gasteiger charge is 2.12. The number of rotatable bonds is 7. The molecule has 3 heteroatoms. The first-order chi connectivity index (χ1) is 8.15. The number of hydrogen-bond acceptors (Lipinski definition) is 2. The van der Waals surface area contributed by atoms with Crippen LogP contribution in [0.5, 0.6) is 0 Å². The highest BCUT2D eigenvalue weighted by Crippen LogP contribution is 2.14. The van der Waals surface area contributed by atoms with Gasteiger partial charge in [0.15, 0.2) is 0 Å². The molecule has 1 rings (SSSR count). The molecule has 0 heterocycles. The normalized spacial score (nSPS) is 14.6. The lowest BCUT2D eigenvalue weighted by Crippen LogP contribution is -2.34. The minimum absolute atomic E-state index is 0.276. The number of hydrogen-bond donors (Lipinski definition) is 1. The Hall–Kier alpha value is -0.570. The van der Waals surface area contributed by atoms with Gasteiger partial charge in [-0.15, -0.1) is 0 Å². The molecule has 17 heavy (non-hydrogen) atoms. The predicted molar refractivity (Wildman–Crippen MR) is 73.7 cm³/mol. The Kier molecular flexibility index (Phi) is 6.56. The molecule has 0 spiro atoms. The van der Waals surface area contributed by atoms with Crippen LogP contribution in [-0.2, 0) is 11.2 Å². The smallest absolute Gasteiger partial charge is 0.0558 e. The zero-order valence-corrected chi connectivity index (χ0v) is 11.6. The fourth-order valence-corrected chi connectivity index (χ4v) is 2.19. The van der Waals surface area contributed by atoms with Crippen molar-refractivity contribution in [1.82, 2.24) is 5.32 Å². The summed E-state index contributed by atoms with van der Waals surface area (Å²) in [5.41, 5.74) is 1.27. The maximum Gasteiger partial charge on any atom is 0.0558 e. The van der Waals surface area contributed by atoms with Gasteiger partial charge >= 0.3 is 0 Å². The van der Waals surface area contributed by atoms with Gasteiger partial charge in [0.25, 0.3) is 0 Å². The summed E-state index contributed by atoms with van der Waals surface area (Å²) < 4.78 is 5.32. The number of nitrogens with one attached hydrogen (secondary N) is 1. The van der Waals surface area contributed by atoms with E-state index in [-0.39, 0.29) is 6.10 Å². The van der Waals surface area contributed by atoms with Crippen molar-refractivity contribution in [3.05, 3.63) is 34.9 Å². The van der Waals surface area contributed by atoms with Crippen molar-refractivity contribution in [2.24, 2.45) is 0 Å². The van der Waals surface area contributed by atoms with Crippen LogP contribution in [-0.4, -0.2) is 25.8 Å². The average molecular weight is 256 g/mol. The van der Waals surface area contributed by atoms with E-state index in [4.69, 9.17) is 16.3 Å². The van der Waals surface area contributed by atoms with Crippen LogP contribution in [0.4, 0.5) is 0 Å². The SMILES string of the molecule is CCNC(Cc1cccc(Cl)c1)CC(C)OC. The second kappa shape index (κ2) is 7.70. The molecule has 1 aromatic carbocycles. The Morgan fingerprint density at radius 3 is 2.76 bits per heavy atom. The highest BCUT2D eigenvalue weighted by atomic mass is 35.5. The van der Waals surface area contributed by atoms with E-state index in [0.717, 1.165) is 24.4 Å². The van der Waals surface area contributed by atoms with Gasteiger partial charge in [-0.05, 0) is 44.0 Å². The van der Waals surface area contributed by atoms with Gasteiger partial charge in [0.2, 0.25) is 0 Å². The van der Waals surface area contributed by atoms with Crippen molar-refractivity contribution in [2.75, 3.05) is 13.7 Å². The molecule has 0 bridgehead atoms. The molecule has 0 amide bonds. The largest absolute Gasteiger partial charge is 0.382 e. The Morgan fingerprint density at radius 2 is 2.18 bits per heavy atom. The summed E-state index contributed by atoms with van der Waals surface area (Å²) in [6.07, 6.45) is 2.28. The van der Waals surface area contributed by atoms with Crippen molar-refractivity contribution in [3.63, 3.8) is 0 Å². The molecule has 0 aliphatic rings. The third-order valence-corrected chi connectivity index (χ3v) is 3.12. The van der Waals surface area contributed by atoms with Crippen LogP contribution in [0.15, 0.2) is 24.3 Å². The van der Waals surface area contributed by atoms with Gasteiger partial charge in [0.05, 0.1) is 6.10 Å². The fraction of sp³-hybridized carbons (Fsp3) is 0.571. The fourth-order valence-electron chi connectivity index (χ4n) is 1.97. The summed E-state index contributed by atoms with van der Waals surface area (Å²) in [5, 5.41) is 4.30. The lowest BCUT2D eigenvalue weighted by molar-refractivity contribution is 0.101. The minimum Gasteiger partial charge on any atom is -0.382 e. The molecule has 0 saturated carbocycles. The van der Waals surface area contributed by atoms with Crippen LogP contribution in [0, 0.1) is 0 Å². The lowest BCUT2D eigenvalue weighted by atomic mass is 10.0. The standard InChI is InChI=1S/C14H22ClNO/c1-4-16-14(8-11(2)17-3)10-12-6-5-7-13(15)9-12/h5-7,9,11,14,16H,4,8,10H2,1-3H3. The number of likely N-dealkylation sites (N-methyl/N-ethyl adjacent to an activating group) is 1. The summed E-state index contributed by atoms with van der Waals surface area (Å²) in [4.78, 5) is 0. The van der Waals surface area contributed by atoms with Crippen molar-refractivity contribution in [3.8, 4) is 0 Å². The Bertz CT molecular complexity index is 330. The van der Waals surface area contributed by atoms with Crippen LogP contribution < -0.4 is 5.32 Å². The molecule has 0 aliphatic heterocycles. The van der Waals surface area contributed by atoms with Crippen LogP contribution in [0.25, 0.3) is 0 Å². The molecule has 96 valence electrons. The molecule has 0 aromatic heterocycles. The highest BCUT2D eigenvalue weighted by molar-refractivity contribution is 6.30. The molecular formula is C14H22ClNO. The Morgan fingerprint density at radius 1 is 1.41 bits per heavy atom. The van der Waals surface area contributed by atoms with Gasteiger partial charge in [0.1, 0.15) is 0 Å². The van der Waals surface area contributed by atoms with E-state index in [2.05, 4.69) is 25.2 Å². The van der Waals surface area contributed by atoms with Gasteiger partial charge in [-0.1, -0.05) is 30.7 Å². The summed E-state index contributed by atoms with van der Waals surface area (Å²) in [5.74, 6) is 0. The van der Waals surface area contributed by atoms with Crippen LogP contribution >= 0.6 is 11.6 Å². The molecule has 2 atom stereocenters. The third kappa shape index (κ3) is 5.53. The van der Waals surface area contributed by atoms with Gasteiger partial charge in [-0.3, -0.25) is 0 Å². The van der Waals surface area contributed by atoms with Gasteiger partial charge in [0, 0.05) is 18.2 Å². The molecular weight excluding hydrogens is 234 g/mol. The molecule has 2 unspecified atom stereocenters. The van der Waals surface area contributed by atoms with Crippen LogP contribution in [0.3, 0.4) is 0 Å². The second-order valence-electron chi connectivity index (χ2n) is 4.37. The first kappa shape index (κ1) is 14.5. The van der Waals surface area contributed by atoms with E-state index in [1.807, 2.05) is 18.2 Å². The lowest BCUT2D eigenvalue weighted by Gasteiger charge is -2.21. The van der Waals surface area contributed by atoms with Crippen molar-refractivity contribution in [1.29, 1.82) is 0 Å². The molecule has 2 nitrogen and oxygen atoms in total. The van der Waals surface area contributed by atoms with E-state index in [1.54, 1.807) is 7.11 Å². The summed E-state index contributed by atoms with van der Waals surface area (Å²) in [6.45, 7) is 5.20. The Balaban J connectivity index is 2.59. The molecule has 0 radical (unpaired) electrons. The van der Waals surface area contributed by atoms with E-state index >= 15 is 0 Å². The van der Waals surface area contributed by atoms with Gasteiger partial charge in [-0.2, -0.15) is 0 Å². The summed E-state index contributed by atoms with van der Waals surface area (Å²) in [6, 6.07) is 8.50.